The average Bonchev–Trinajstić information content (AvgIpc) is 2.95. The molecule has 0 amide bonds. The van der Waals surface area contributed by atoms with Crippen LogP contribution >= 0.6 is 44.7 Å². The molecule has 0 aliphatic carbocycles. The van der Waals surface area contributed by atoms with Gasteiger partial charge in [0, 0.05) is 0 Å². The van der Waals surface area contributed by atoms with Crippen molar-refractivity contribution in [2.45, 2.75) is 224 Å². The quantitative estimate of drug-likeness (QED) is 0.0198. The van der Waals surface area contributed by atoms with Crippen LogP contribution in [0.2, 0.25) is 6.04 Å². The molecule has 0 aromatic rings. The van der Waals surface area contributed by atoms with Gasteiger partial charge in [0.25, 0.3) is 0 Å². The van der Waals surface area contributed by atoms with Crippen LogP contribution in [0, 0.1) is 0 Å². The summed E-state index contributed by atoms with van der Waals surface area (Å²) in [6.07, 6.45) is 49.7. The molecule has 40 heavy (non-hydrogen) atoms. The highest BCUT2D eigenvalue weighted by atomic mass is 127. The van der Waals surface area contributed by atoms with Crippen LogP contribution in [0.5, 0.6) is 0 Å². The standard InChI is InChI=1S/C36H73Cl2ISi/c37-40(38)36-34-32-30-28-26-24-22-20-18-16-14-12-10-8-6-4-2-1-3-5-7-9-11-13-15-17-19-21-23-25-27-29-31-33-35-39/h40H,1-36H2. The van der Waals surface area contributed by atoms with E-state index in [0.717, 1.165) is 6.04 Å². The molecule has 0 radical (unpaired) electrons. The molecule has 0 unspecified atom stereocenters. The first-order valence-corrected chi connectivity index (χ1v) is 24.4. The van der Waals surface area contributed by atoms with Gasteiger partial charge in [-0.25, -0.2) is 0 Å². The van der Waals surface area contributed by atoms with Crippen LogP contribution in [-0.2, 0) is 0 Å². The molecule has 0 nitrogen and oxygen atoms in total. The van der Waals surface area contributed by atoms with Gasteiger partial charge in [-0.3, -0.25) is 0 Å². The van der Waals surface area contributed by atoms with Crippen molar-refractivity contribution in [3.63, 3.8) is 0 Å². The van der Waals surface area contributed by atoms with Crippen LogP contribution in [0.25, 0.3) is 0 Å². The lowest BCUT2D eigenvalue weighted by molar-refractivity contribution is 0.511. The summed E-state index contributed by atoms with van der Waals surface area (Å²) in [5, 5.41) is 0. The third-order valence-corrected chi connectivity index (χ3v) is 11.7. The third kappa shape index (κ3) is 39.5. The highest BCUT2D eigenvalue weighted by Crippen LogP contribution is 2.17. The zero-order valence-electron chi connectivity index (χ0n) is 27.2. The number of unbranched alkanes of at least 4 members (excludes halogenated alkanes) is 33. The second-order valence-corrected chi connectivity index (χ2v) is 19.2. The lowest BCUT2D eigenvalue weighted by Gasteiger charge is -2.05. The molecule has 0 saturated heterocycles. The zero-order chi connectivity index (χ0) is 29.0. The lowest BCUT2D eigenvalue weighted by Crippen LogP contribution is -1.91. The molecule has 4 heteroatoms. The summed E-state index contributed by atoms with van der Waals surface area (Å²) in [5.74, 6) is 0. The molecule has 242 valence electrons. The van der Waals surface area contributed by atoms with Crippen LogP contribution in [0.4, 0.5) is 0 Å². The highest BCUT2D eigenvalue weighted by molar-refractivity contribution is 14.1. The highest BCUT2D eigenvalue weighted by Gasteiger charge is 2.01. The largest absolute Gasteiger partial charge is 0.237 e. The van der Waals surface area contributed by atoms with Gasteiger partial charge in [0.05, 0.1) is 0 Å². The van der Waals surface area contributed by atoms with E-state index in [-0.39, 0.29) is 0 Å². The molecule has 0 atom stereocenters. The zero-order valence-corrected chi connectivity index (χ0v) is 32.0. The first-order valence-electron chi connectivity index (χ1n) is 18.6. The van der Waals surface area contributed by atoms with Crippen molar-refractivity contribution in [1.82, 2.24) is 0 Å². The molecule has 0 heterocycles. The maximum absolute atomic E-state index is 5.91. The predicted octanol–water partition coefficient (Wildman–Crippen LogP) is 15.4. The van der Waals surface area contributed by atoms with Gasteiger partial charge in [0.1, 0.15) is 0 Å². The molecule has 0 aliphatic heterocycles. The smallest absolute Gasteiger partial charge is 0.150 e. The summed E-state index contributed by atoms with van der Waals surface area (Å²) < 4.78 is 1.34. The van der Waals surface area contributed by atoms with Gasteiger partial charge in [-0.15, -0.1) is 0 Å². The van der Waals surface area contributed by atoms with Crippen molar-refractivity contribution < 1.29 is 0 Å². The van der Waals surface area contributed by atoms with E-state index in [4.69, 9.17) is 22.2 Å². The number of hydrogen-bond acceptors (Lipinski definition) is 0. The summed E-state index contributed by atoms with van der Waals surface area (Å²) in [5.41, 5.74) is 0. The summed E-state index contributed by atoms with van der Waals surface area (Å²) >= 11 is 14.3. The van der Waals surface area contributed by atoms with Gasteiger partial charge < -0.3 is 0 Å². The van der Waals surface area contributed by atoms with E-state index in [1.807, 2.05) is 0 Å². The molecule has 0 bridgehead atoms. The molecule has 0 rings (SSSR count). The van der Waals surface area contributed by atoms with E-state index in [2.05, 4.69) is 22.6 Å². The Bertz CT molecular complexity index is 435. The molecule has 0 aliphatic rings. The Morgan fingerprint density at radius 1 is 0.250 bits per heavy atom. The van der Waals surface area contributed by atoms with Crippen molar-refractivity contribution in [2.75, 3.05) is 4.43 Å². The van der Waals surface area contributed by atoms with Crippen LogP contribution in [0.3, 0.4) is 0 Å². The maximum atomic E-state index is 5.91. The van der Waals surface area contributed by atoms with E-state index in [1.54, 1.807) is 0 Å². The van der Waals surface area contributed by atoms with Gasteiger partial charge >= 0.3 is 0 Å². The van der Waals surface area contributed by atoms with Crippen LogP contribution in [0.1, 0.15) is 218 Å². The van der Waals surface area contributed by atoms with Crippen molar-refractivity contribution in [3.8, 4) is 0 Å². The van der Waals surface area contributed by atoms with E-state index >= 15 is 0 Å². The maximum Gasteiger partial charge on any atom is 0.237 e. The Morgan fingerprint density at radius 3 is 0.550 bits per heavy atom. The monoisotopic (exact) mass is 730 g/mol. The Morgan fingerprint density at radius 2 is 0.400 bits per heavy atom. The summed E-state index contributed by atoms with van der Waals surface area (Å²) in [6, 6.07) is 1.10. The number of hydrogen-bond donors (Lipinski definition) is 0. The first kappa shape index (κ1) is 41.5. The third-order valence-electron chi connectivity index (χ3n) is 8.81. The van der Waals surface area contributed by atoms with E-state index in [0.29, 0.717) is 0 Å². The Balaban J connectivity index is 3.02. The van der Waals surface area contributed by atoms with Gasteiger partial charge in [-0.2, -0.15) is 22.2 Å². The topological polar surface area (TPSA) is 0 Å². The van der Waals surface area contributed by atoms with Gasteiger partial charge in [0.15, 0.2) is 0 Å². The second-order valence-electron chi connectivity index (χ2n) is 12.9. The molecule has 0 N–H and O–H groups in total. The minimum atomic E-state index is -1.34. The normalized spacial score (nSPS) is 11.7. The van der Waals surface area contributed by atoms with Crippen molar-refractivity contribution in [2.24, 2.45) is 0 Å². The molecule has 0 aromatic heterocycles. The van der Waals surface area contributed by atoms with Gasteiger partial charge in [-0.05, 0) is 16.9 Å². The van der Waals surface area contributed by atoms with Crippen molar-refractivity contribution >= 4 is 52.2 Å². The fourth-order valence-corrected chi connectivity index (χ4v) is 8.11. The fourth-order valence-electron chi connectivity index (χ4n) is 6.05. The van der Waals surface area contributed by atoms with Gasteiger partial charge in [0.2, 0.25) is 7.42 Å². The number of alkyl halides is 1. The van der Waals surface area contributed by atoms with Crippen LogP contribution in [-0.4, -0.2) is 11.8 Å². The first-order chi connectivity index (χ1) is 19.8. The van der Waals surface area contributed by atoms with E-state index in [1.165, 1.54) is 223 Å². The number of halogens is 3. The number of rotatable bonds is 36. The second kappa shape index (κ2) is 38.6. The van der Waals surface area contributed by atoms with Crippen LogP contribution in [0.15, 0.2) is 0 Å². The summed E-state index contributed by atoms with van der Waals surface area (Å²) in [4.78, 5) is 0. The Kier molecular flexibility index (Phi) is 40.0. The molecule has 0 saturated carbocycles. The van der Waals surface area contributed by atoms with Gasteiger partial charge in [-0.1, -0.05) is 234 Å². The van der Waals surface area contributed by atoms with Crippen LogP contribution < -0.4 is 0 Å². The van der Waals surface area contributed by atoms with E-state index < -0.39 is 7.42 Å². The minimum absolute atomic E-state index is 1.10. The van der Waals surface area contributed by atoms with E-state index in [9.17, 15) is 0 Å². The summed E-state index contributed by atoms with van der Waals surface area (Å²) in [6.45, 7) is 0. The van der Waals surface area contributed by atoms with Crippen molar-refractivity contribution in [3.05, 3.63) is 0 Å². The average molecular weight is 732 g/mol. The SMILES string of the molecule is Cl[SiH](Cl)CCCCCCCCCCCCCCCCCCCCCCCCCCCCCCCCCCCCI. The lowest BCUT2D eigenvalue weighted by atomic mass is 10.0. The predicted molar refractivity (Wildman–Crippen MR) is 200 cm³/mol. The molecular formula is C36H73Cl2ISi. The minimum Gasteiger partial charge on any atom is -0.150 e. The fraction of sp³-hybridized carbons (Fsp3) is 1.00. The molecule has 0 spiro atoms. The summed E-state index contributed by atoms with van der Waals surface area (Å²) in [7, 11) is -1.34. The molecular weight excluding hydrogens is 658 g/mol. The Labute approximate surface area is 279 Å². The molecule has 0 aromatic carbocycles. The Hall–Kier alpha value is 1.53. The molecule has 0 fully saturated rings. The van der Waals surface area contributed by atoms with Crippen molar-refractivity contribution in [1.29, 1.82) is 0 Å².